The lowest BCUT2D eigenvalue weighted by Crippen LogP contribution is -2.31. The van der Waals surface area contributed by atoms with Crippen LogP contribution in [0.1, 0.15) is 33.9 Å². The number of aryl methyl sites for hydroxylation is 3. The summed E-state index contributed by atoms with van der Waals surface area (Å²) in [6.07, 6.45) is 1.90. The second-order valence-corrected chi connectivity index (χ2v) is 10.3. The quantitative estimate of drug-likeness (QED) is 0.232. The van der Waals surface area contributed by atoms with Gasteiger partial charge in [-0.3, -0.25) is 9.59 Å². The first-order chi connectivity index (χ1) is 18.8. The Labute approximate surface area is 230 Å². The van der Waals surface area contributed by atoms with Crippen LogP contribution in [0.2, 0.25) is 0 Å². The molecule has 0 saturated heterocycles. The molecule has 0 bridgehead atoms. The minimum atomic E-state index is -0.622. The van der Waals surface area contributed by atoms with Gasteiger partial charge in [0.1, 0.15) is 11.5 Å². The summed E-state index contributed by atoms with van der Waals surface area (Å²) in [6, 6.07) is 23.6. The zero-order valence-electron chi connectivity index (χ0n) is 23.1. The van der Waals surface area contributed by atoms with E-state index in [1.165, 1.54) is 5.56 Å². The van der Waals surface area contributed by atoms with Crippen LogP contribution in [0.5, 0.6) is 0 Å². The number of pyridine rings is 1. The fourth-order valence-electron chi connectivity index (χ4n) is 5.22. The smallest absolute Gasteiger partial charge is 0.298 e. The van der Waals surface area contributed by atoms with Crippen LogP contribution < -0.4 is 15.1 Å². The van der Waals surface area contributed by atoms with Crippen LogP contribution in [0.25, 0.3) is 11.1 Å². The van der Waals surface area contributed by atoms with Crippen molar-refractivity contribution >= 4 is 28.9 Å². The normalized spacial score (nSPS) is 12.2. The topological polar surface area (TPSA) is 70.5 Å². The predicted molar refractivity (Wildman–Crippen MR) is 158 cm³/mol. The lowest BCUT2D eigenvalue weighted by Gasteiger charge is -2.25. The third kappa shape index (κ3) is 5.72. The maximum atomic E-state index is 13.4. The number of amides is 1. The molecule has 0 unspecified atom stereocenters. The number of fused-ring (bicyclic) bond motifs is 1. The van der Waals surface area contributed by atoms with Crippen molar-refractivity contribution in [3.8, 4) is 11.1 Å². The van der Waals surface area contributed by atoms with Gasteiger partial charge in [-0.15, -0.1) is 0 Å². The lowest BCUT2D eigenvalue weighted by atomic mass is 10.0. The molecule has 1 aliphatic rings. The Kier molecular flexibility index (Phi) is 7.50. The van der Waals surface area contributed by atoms with E-state index in [1.807, 2.05) is 80.2 Å². The van der Waals surface area contributed by atoms with Gasteiger partial charge in [0.15, 0.2) is 0 Å². The van der Waals surface area contributed by atoms with Gasteiger partial charge in [-0.05, 0) is 80.3 Å². The number of benzene rings is 2. The van der Waals surface area contributed by atoms with Crippen molar-refractivity contribution in [1.82, 2.24) is 9.55 Å². The van der Waals surface area contributed by atoms with Gasteiger partial charge in [0.05, 0.1) is 0 Å². The van der Waals surface area contributed by atoms with Crippen LogP contribution in [0, 0.1) is 13.8 Å². The van der Waals surface area contributed by atoms with Gasteiger partial charge >= 0.3 is 0 Å². The van der Waals surface area contributed by atoms with Crippen molar-refractivity contribution in [1.29, 1.82) is 0 Å². The second kappa shape index (κ2) is 11.2. The van der Waals surface area contributed by atoms with Gasteiger partial charge in [0, 0.05) is 62.1 Å². The molecule has 4 aromatic rings. The molecule has 1 N–H and O–H groups in total. The minimum Gasteiger partial charge on any atom is -0.373 e. The predicted octanol–water partition coefficient (Wildman–Crippen LogP) is 5.51. The summed E-state index contributed by atoms with van der Waals surface area (Å²) in [5.41, 5.74) is 7.19. The van der Waals surface area contributed by atoms with E-state index < -0.39 is 11.7 Å². The molecule has 0 radical (unpaired) electrons. The average molecular weight is 522 g/mol. The van der Waals surface area contributed by atoms with E-state index in [0.717, 1.165) is 66.5 Å². The van der Waals surface area contributed by atoms with Crippen LogP contribution in [0.15, 0.2) is 72.8 Å². The maximum absolute atomic E-state index is 13.4. The number of hydrogen-bond acceptors (Lipinski definition) is 5. The Morgan fingerprint density at radius 3 is 2.36 bits per heavy atom. The van der Waals surface area contributed by atoms with E-state index in [1.54, 1.807) is 0 Å². The highest BCUT2D eigenvalue weighted by molar-refractivity contribution is 6.47. The maximum Gasteiger partial charge on any atom is 0.298 e. The number of carbonyl (C=O) groups excluding carboxylic acids is 2. The Bertz CT molecular complexity index is 1470. The van der Waals surface area contributed by atoms with E-state index >= 15 is 0 Å². The van der Waals surface area contributed by atoms with E-state index in [9.17, 15) is 9.59 Å². The monoisotopic (exact) mass is 521 g/mol. The number of ketones is 1. The fourth-order valence-corrected chi connectivity index (χ4v) is 5.22. The molecule has 2 aromatic carbocycles. The largest absolute Gasteiger partial charge is 0.373 e. The Morgan fingerprint density at radius 2 is 1.64 bits per heavy atom. The highest BCUT2D eigenvalue weighted by atomic mass is 16.2. The molecule has 2 aromatic heterocycles. The van der Waals surface area contributed by atoms with E-state index in [4.69, 9.17) is 0 Å². The molecular formula is C32H35N5O2. The summed E-state index contributed by atoms with van der Waals surface area (Å²) >= 11 is 0. The molecule has 0 saturated carbocycles. The van der Waals surface area contributed by atoms with Gasteiger partial charge in [0.2, 0.25) is 0 Å². The first-order valence-corrected chi connectivity index (χ1v) is 13.4. The molecule has 0 atom stereocenters. The number of Topliss-reactive ketones (excluding diaryl/α,β-unsaturated/α-hetero) is 1. The molecule has 1 aliphatic heterocycles. The molecule has 0 fully saturated rings. The number of hydrogen-bond donors (Lipinski definition) is 1. The summed E-state index contributed by atoms with van der Waals surface area (Å²) in [5, 5.41) is 2.81. The van der Waals surface area contributed by atoms with Gasteiger partial charge in [-0.2, -0.15) is 0 Å². The van der Waals surface area contributed by atoms with Crippen LogP contribution in [0.3, 0.4) is 0 Å². The summed E-state index contributed by atoms with van der Waals surface area (Å²) < 4.78 is 2.01. The molecule has 7 heteroatoms. The van der Waals surface area contributed by atoms with Crippen LogP contribution >= 0.6 is 0 Å². The third-order valence-corrected chi connectivity index (χ3v) is 7.32. The van der Waals surface area contributed by atoms with Gasteiger partial charge in [-0.25, -0.2) is 4.98 Å². The summed E-state index contributed by atoms with van der Waals surface area (Å²) in [6.45, 7) is 6.46. The van der Waals surface area contributed by atoms with Crippen molar-refractivity contribution in [3.63, 3.8) is 0 Å². The third-order valence-electron chi connectivity index (χ3n) is 7.32. The second-order valence-electron chi connectivity index (χ2n) is 10.3. The number of likely N-dealkylation sites (N-methyl/N-ethyl adjacent to an activating group) is 2. The average Bonchev–Trinajstić information content (AvgIpc) is 3.53. The SMILES string of the molecule is Cc1cc(C)nc(N(C)CCN(C)c2ccc(NC(=O)C(=O)c3c(-c4ccccc4)cc4n3CCC4)cc2)c1. The highest BCUT2D eigenvalue weighted by Gasteiger charge is 2.29. The first kappa shape index (κ1) is 26.2. The molecule has 7 nitrogen and oxygen atoms in total. The highest BCUT2D eigenvalue weighted by Crippen LogP contribution is 2.32. The van der Waals surface area contributed by atoms with E-state index in [-0.39, 0.29) is 0 Å². The molecule has 0 aliphatic carbocycles. The summed E-state index contributed by atoms with van der Waals surface area (Å²) in [7, 11) is 4.09. The fraction of sp³-hybridized carbons (Fsp3) is 0.281. The zero-order valence-corrected chi connectivity index (χ0v) is 23.1. The number of aromatic nitrogens is 2. The van der Waals surface area contributed by atoms with Gasteiger partial charge < -0.3 is 19.7 Å². The number of nitrogens with zero attached hydrogens (tertiary/aromatic N) is 4. The van der Waals surface area contributed by atoms with Crippen molar-refractivity contribution in [3.05, 3.63) is 95.4 Å². The summed E-state index contributed by atoms with van der Waals surface area (Å²) in [4.78, 5) is 35.4. The van der Waals surface area contributed by atoms with Crippen molar-refractivity contribution < 1.29 is 9.59 Å². The van der Waals surface area contributed by atoms with Crippen molar-refractivity contribution in [2.45, 2.75) is 33.2 Å². The molecular weight excluding hydrogens is 486 g/mol. The zero-order chi connectivity index (χ0) is 27.5. The van der Waals surface area contributed by atoms with Gasteiger partial charge in [0.25, 0.3) is 11.7 Å². The lowest BCUT2D eigenvalue weighted by molar-refractivity contribution is -0.112. The van der Waals surface area contributed by atoms with Crippen LogP contribution in [-0.2, 0) is 17.8 Å². The Hall–Kier alpha value is -4.39. The Morgan fingerprint density at radius 1 is 0.923 bits per heavy atom. The molecule has 39 heavy (non-hydrogen) atoms. The molecule has 200 valence electrons. The number of anilines is 3. The van der Waals surface area contributed by atoms with E-state index in [2.05, 4.69) is 45.2 Å². The van der Waals surface area contributed by atoms with Crippen molar-refractivity contribution in [2.75, 3.05) is 42.3 Å². The minimum absolute atomic E-state index is 0.477. The first-order valence-electron chi connectivity index (χ1n) is 13.4. The number of rotatable bonds is 9. The van der Waals surface area contributed by atoms with Gasteiger partial charge in [-0.1, -0.05) is 30.3 Å². The molecule has 1 amide bonds. The van der Waals surface area contributed by atoms with Crippen LogP contribution in [-0.4, -0.2) is 48.4 Å². The van der Waals surface area contributed by atoms with Crippen LogP contribution in [0.4, 0.5) is 17.2 Å². The molecule has 5 rings (SSSR count). The Balaban J connectivity index is 1.23. The number of nitrogens with one attached hydrogen (secondary N) is 1. The van der Waals surface area contributed by atoms with E-state index in [0.29, 0.717) is 11.4 Å². The molecule has 3 heterocycles. The molecule has 0 spiro atoms. The van der Waals surface area contributed by atoms with Crippen molar-refractivity contribution in [2.24, 2.45) is 0 Å². The summed E-state index contributed by atoms with van der Waals surface area (Å²) in [5.74, 6) is -0.164. The number of carbonyl (C=O) groups is 2. The standard InChI is InChI=1S/C32H35N5O2/c1-22-19-23(2)33-29(20-22)36(4)18-17-35(3)26-14-12-25(13-15-26)34-32(39)31(38)30-28(24-9-6-5-7-10-24)21-27-11-8-16-37(27)30/h5-7,9-10,12-15,19-21H,8,11,16-18H2,1-4H3,(H,34,39).